The first-order chi connectivity index (χ1) is 7.86. The summed E-state index contributed by atoms with van der Waals surface area (Å²) in [5, 5.41) is 0. The topological polar surface area (TPSA) is 50.7 Å². The molecular formula is C12H9N3O. The molecular weight excluding hydrogens is 202 g/mol. The van der Waals surface area contributed by atoms with Gasteiger partial charge in [0.05, 0.1) is 11.2 Å². The molecule has 0 aliphatic heterocycles. The SMILES string of the molecule is O=c1[nH]c2ncccc2n1-c1ccccc1. The fraction of sp³-hybridized carbons (Fsp3) is 0. The largest absolute Gasteiger partial charge is 0.332 e. The van der Waals surface area contributed by atoms with E-state index in [0.29, 0.717) is 5.65 Å². The number of aromatic amines is 1. The van der Waals surface area contributed by atoms with Gasteiger partial charge in [-0.3, -0.25) is 9.55 Å². The highest BCUT2D eigenvalue weighted by Crippen LogP contribution is 2.12. The van der Waals surface area contributed by atoms with Gasteiger partial charge in [0, 0.05) is 6.20 Å². The van der Waals surface area contributed by atoms with Crippen molar-refractivity contribution in [1.29, 1.82) is 0 Å². The number of nitrogens with one attached hydrogen (secondary N) is 1. The molecule has 78 valence electrons. The van der Waals surface area contributed by atoms with Crippen LogP contribution in [-0.4, -0.2) is 14.5 Å². The molecule has 1 N–H and O–H groups in total. The van der Waals surface area contributed by atoms with Crippen molar-refractivity contribution < 1.29 is 0 Å². The Morgan fingerprint density at radius 3 is 2.69 bits per heavy atom. The Kier molecular flexibility index (Phi) is 1.86. The first-order valence-corrected chi connectivity index (χ1v) is 4.97. The minimum atomic E-state index is -0.167. The molecule has 0 fully saturated rings. The van der Waals surface area contributed by atoms with Gasteiger partial charge in [-0.2, -0.15) is 0 Å². The average molecular weight is 211 g/mol. The van der Waals surface area contributed by atoms with Crippen LogP contribution in [0.2, 0.25) is 0 Å². The van der Waals surface area contributed by atoms with Crippen LogP contribution >= 0.6 is 0 Å². The molecule has 0 aliphatic rings. The molecule has 0 atom stereocenters. The second kappa shape index (κ2) is 3.34. The summed E-state index contributed by atoms with van der Waals surface area (Å²) in [4.78, 5) is 18.6. The van der Waals surface area contributed by atoms with Gasteiger partial charge in [-0.25, -0.2) is 9.78 Å². The lowest BCUT2D eigenvalue weighted by Crippen LogP contribution is -2.14. The molecule has 1 aromatic carbocycles. The van der Waals surface area contributed by atoms with Crippen molar-refractivity contribution in [3.8, 4) is 5.69 Å². The summed E-state index contributed by atoms with van der Waals surface area (Å²) in [5.74, 6) is 0. The van der Waals surface area contributed by atoms with E-state index in [4.69, 9.17) is 0 Å². The van der Waals surface area contributed by atoms with Gasteiger partial charge in [0.15, 0.2) is 5.65 Å². The van der Waals surface area contributed by atoms with Crippen LogP contribution < -0.4 is 5.69 Å². The average Bonchev–Trinajstić information content (AvgIpc) is 2.66. The van der Waals surface area contributed by atoms with Crippen LogP contribution in [0.15, 0.2) is 53.5 Å². The van der Waals surface area contributed by atoms with Crippen LogP contribution in [0.25, 0.3) is 16.9 Å². The van der Waals surface area contributed by atoms with Crippen LogP contribution in [0, 0.1) is 0 Å². The number of H-pyrrole nitrogens is 1. The summed E-state index contributed by atoms with van der Waals surface area (Å²) < 4.78 is 1.61. The smallest absolute Gasteiger partial charge is 0.290 e. The zero-order valence-corrected chi connectivity index (χ0v) is 8.42. The van der Waals surface area contributed by atoms with Crippen molar-refractivity contribution in [2.75, 3.05) is 0 Å². The lowest BCUT2D eigenvalue weighted by atomic mass is 10.3. The van der Waals surface area contributed by atoms with E-state index in [1.807, 2.05) is 42.5 Å². The van der Waals surface area contributed by atoms with Crippen LogP contribution in [-0.2, 0) is 0 Å². The fourth-order valence-corrected chi connectivity index (χ4v) is 1.77. The van der Waals surface area contributed by atoms with E-state index in [1.54, 1.807) is 10.8 Å². The summed E-state index contributed by atoms with van der Waals surface area (Å²) in [7, 11) is 0. The molecule has 0 amide bonds. The lowest BCUT2D eigenvalue weighted by molar-refractivity contribution is 1.02. The van der Waals surface area contributed by atoms with Gasteiger partial charge in [0.2, 0.25) is 0 Å². The van der Waals surface area contributed by atoms with Crippen LogP contribution in [0.3, 0.4) is 0 Å². The lowest BCUT2D eigenvalue weighted by Gasteiger charge is -2.01. The summed E-state index contributed by atoms with van der Waals surface area (Å²) in [6, 6.07) is 13.2. The third-order valence-corrected chi connectivity index (χ3v) is 2.47. The Hall–Kier alpha value is -2.36. The van der Waals surface area contributed by atoms with Crippen LogP contribution in [0.4, 0.5) is 0 Å². The highest BCUT2D eigenvalue weighted by Gasteiger charge is 2.07. The van der Waals surface area contributed by atoms with E-state index in [-0.39, 0.29) is 5.69 Å². The summed E-state index contributed by atoms with van der Waals surface area (Å²) in [6.07, 6.45) is 1.66. The van der Waals surface area contributed by atoms with Crippen LogP contribution in [0.5, 0.6) is 0 Å². The van der Waals surface area contributed by atoms with E-state index in [2.05, 4.69) is 9.97 Å². The summed E-state index contributed by atoms with van der Waals surface area (Å²) in [6.45, 7) is 0. The van der Waals surface area contributed by atoms with Crippen molar-refractivity contribution in [3.63, 3.8) is 0 Å². The van der Waals surface area contributed by atoms with Gasteiger partial charge in [-0.1, -0.05) is 18.2 Å². The molecule has 0 saturated carbocycles. The van der Waals surface area contributed by atoms with Crippen LogP contribution in [0.1, 0.15) is 0 Å². The Labute approximate surface area is 91.2 Å². The normalized spacial score (nSPS) is 10.8. The standard InChI is InChI=1S/C12H9N3O/c16-12-14-11-10(7-4-8-13-11)15(12)9-5-2-1-3-6-9/h1-8H,(H,13,14,16). The fourth-order valence-electron chi connectivity index (χ4n) is 1.77. The van der Waals surface area contributed by atoms with Gasteiger partial charge >= 0.3 is 5.69 Å². The summed E-state index contributed by atoms with van der Waals surface area (Å²) >= 11 is 0. The highest BCUT2D eigenvalue weighted by molar-refractivity contribution is 5.72. The Morgan fingerprint density at radius 1 is 1.06 bits per heavy atom. The third kappa shape index (κ3) is 1.24. The first-order valence-electron chi connectivity index (χ1n) is 4.97. The molecule has 0 bridgehead atoms. The van der Waals surface area contributed by atoms with E-state index in [1.165, 1.54) is 0 Å². The summed E-state index contributed by atoms with van der Waals surface area (Å²) in [5.41, 5.74) is 2.07. The molecule has 3 aromatic rings. The molecule has 0 aliphatic carbocycles. The van der Waals surface area contributed by atoms with Gasteiger partial charge in [-0.15, -0.1) is 0 Å². The number of pyridine rings is 1. The number of rotatable bonds is 1. The molecule has 4 heteroatoms. The maximum atomic E-state index is 11.8. The van der Waals surface area contributed by atoms with Crippen molar-refractivity contribution in [1.82, 2.24) is 14.5 Å². The number of imidazole rings is 1. The van der Waals surface area contributed by atoms with E-state index >= 15 is 0 Å². The second-order valence-electron chi connectivity index (χ2n) is 3.47. The molecule has 2 aromatic heterocycles. The zero-order valence-electron chi connectivity index (χ0n) is 8.42. The van der Waals surface area contributed by atoms with Gasteiger partial charge < -0.3 is 0 Å². The number of nitrogens with zero attached hydrogens (tertiary/aromatic N) is 2. The second-order valence-corrected chi connectivity index (χ2v) is 3.47. The zero-order chi connectivity index (χ0) is 11.0. The van der Waals surface area contributed by atoms with Crippen molar-refractivity contribution in [2.24, 2.45) is 0 Å². The minimum Gasteiger partial charge on any atom is -0.290 e. The Bertz CT molecular complexity index is 682. The van der Waals surface area contributed by atoms with E-state index in [9.17, 15) is 4.79 Å². The quantitative estimate of drug-likeness (QED) is 0.666. The molecule has 0 radical (unpaired) electrons. The van der Waals surface area contributed by atoms with Crippen molar-refractivity contribution in [3.05, 3.63) is 59.1 Å². The number of fused-ring (bicyclic) bond motifs is 1. The van der Waals surface area contributed by atoms with Crippen molar-refractivity contribution in [2.45, 2.75) is 0 Å². The molecule has 0 unspecified atom stereocenters. The molecule has 0 spiro atoms. The maximum absolute atomic E-state index is 11.8. The molecule has 0 saturated heterocycles. The molecule has 3 rings (SSSR count). The molecule has 2 heterocycles. The monoisotopic (exact) mass is 211 g/mol. The predicted octanol–water partition coefficient (Wildman–Crippen LogP) is 1.71. The number of hydrogen-bond acceptors (Lipinski definition) is 2. The molecule has 16 heavy (non-hydrogen) atoms. The molecule has 4 nitrogen and oxygen atoms in total. The van der Waals surface area contributed by atoms with E-state index in [0.717, 1.165) is 11.2 Å². The number of hydrogen-bond donors (Lipinski definition) is 1. The van der Waals surface area contributed by atoms with E-state index < -0.39 is 0 Å². The number of benzene rings is 1. The highest BCUT2D eigenvalue weighted by atomic mass is 16.1. The van der Waals surface area contributed by atoms with Gasteiger partial charge in [0.25, 0.3) is 0 Å². The van der Waals surface area contributed by atoms with Crippen molar-refractivity contribution >= 4 is 11.2 Å². The van der Waals surface area contributed by atoms with Gasteiger partial charge in [0.1, 0.15) is 0 Å². The number of aromatic nitrogens is 3. The third-order valence-electron chi connectivity index (χ3n) is 2.47. The first kappa shape index (κ1) is 8.91. The predicted molar refractivity (Wildman–Crippen MR) is 61.7 cm³/mol. The Balaban J connectivity index is 2.40. The Morgan fingerprint density at radius 2 is 1.88 bits per heavy atom. The number of para-hydroxylation sites is 1. The van der Waals surface area contributed by atoms with Gasteiger partial charge in [-0.05, 0) is 24.3 Å². The maximum Gasteiger partial charge on any atom is 0.332 e. The minimum absolute atomic E-state index is 0.167.